The van der Waals surface area contributed by atoms with Gasteiger partial charge in [0.25, 0.3) is 0 Å². The Hall–Kier alpha value is -4.42. The molecule has 3 heteroatoms. The van der Waals surface area contributed by atoms with Crippen LogP contribution in [0, 0.1) is 39.0 Å². The molecule has 6 aromatic rings. The number of benzene rings is 4. The van der Waals surface area contributed by atoms with Crippen molar-refractivity contribution >= 4 is 27.3 Å². The van der Waals surface area contributed by atoms with Crippen LogP contribution in [0.2, 0.25) is 0 Å². The lowest BCUT2D eigenvalue weighted by molar-refractivity contribution is 1.27. The van der Waals surface area contributed by atoms with Gasteiger partial charge in [0, 0.05) is 22.4 Å². The third-order valence-electron chi connectivity index (χ3n) is 7.17. The lowest BCUT2D eigenvalue weighted by Crippen LogP contribution is -1.95. The Morgan fingerprint density at radius 3 is 2.00 bits per heavy atom. The molecule has 0 saturated carbocycles. The second kappa shape index (κ2) is 7.82. The number of nitriles is 1. The number of nitrogens with zero attached hydrogens (tertiary/aromatic N) is 3. The molecule has 0 bridgehead atoms. The van der Waals surface area contributed by atoms with Crippen molar-refractivity contribution in [2.75, 3.05) is 0 Å². The van der Waals surface area contributed by atoms with Gasteiger partial charge in [0.2, 0.25) is 0 Å². The Bertz CT molecular complexity index is 1810. The van der Waals surface area contributed by atoms with E-state index in [-0.39, 0.29) is 0 Å². The first-order chi connectivity index (χ1) is 17.0. The van der Waals surface area contributed by atoms with Crippen LogP contribution in [0.25, 0.3) is 49.6 Å². The molecule has 0 amide bonds. The maximum Gasteiger partial charge on any atom is 0.159 e. The topological polar surface area (TPSA) is 41.1 Å². The van der Waals surface area contributed by atoms with E-state index in [4.69, 9.17) is 4.98 Å². The van der Waals surface area contributed by atoms with Crippen molar-refractivity contribution in [1.29, 1.82) is 5.26 Å². The van der Waals surface area contributed by atoms with Gasteiger partial charge < -0.3 is 0 Å². The molecule has 0 N–H and O–H groups in total. The Morgan fingerprint density at radius 1 is 0.714 bits per heavy atom. The highest BCUT2D eigenvalue weighted by Crippen LogP contribution is 2.41. The standard InChI is InChI=1S/C32H25N3/c1-19-8-5-9-20(2)29(19)23-14-15-28-27(16-23)31-25(30-21(3)10-6-11-22(30)4)12-7-13-26(31)32-34-24(17-33)18-35(28)32/h5-16,18H,1-4H3. The molecule has 0 unspecified atom stereocenters. The quantitative estimate of drug-likeness (QED) is 0.250. The molecule has 0 atom stereocenters. The number of imidazole rings is 1. The summed E-state index contributed by atoms with van der Waals surface area (Å²) in [5, 5.41) is 13.0. The Labute approximate surface area is 204 Å². The SMILES string of the molecule is Cc1cccc(C)c1-c1ccc2c(c1)c1c(-c3c(C)cccc3C)cccc1c1nc(C#N)cn21. The summed E-state index contributed by atoms with van der Waals surface area (Å²) >= 11 is 0. The van der Waals surface area contributed by atoms with Crippen LogP contribution in [-0.2, 0) is 0 Å². The average molecular weight is 452 g/mol. The predicted molar refractivity (Wildman–Crippen MR) is 145 cm³/mol. The fourth-order valence-electron chi connectivity index (χ4n) is 5.66. The van der Waals surface area contributed by atoms with Crippen LogP contribution in [0.1, 0.15) is 27.9 Å². The van der Waals surface area contributed by atoms with E-state index in [1.807, 2.05) is 6.20 Å². The van der Waals surface area contributed by atoms with Gasteiger partial charge in [0.15, 0.2) is 5.69 Å². The molecule has 0 saturated heterocycles. The number of rotatable bonds is 2. The summed E-state index contributed by atoms with van der Waals surface area (Å²) in [4.78, 5) is 4.70. The van der Waals surface area contributed by atoms with E-state index < -0.39 is 0 Å². The molecule has 168 valence electrons. The fraction of sp³-hybridized carbons (Fsp3) is 0.125. The van der Waals surface area contributed by atoms with E-state index in [0.29, 0.717) is 5.69 Å². The Balaban J connectivity index is 1.84. The van der Waals surface area contributed by atoms with Crippen LogP contribution in [0.4, 0.5) is 0 Å². The number of aromatic nitrogens is 2. The van der Waals surface area contributed by atoms with Crippen LogP contribution in [0.5, 0.6) is 0 Å². The summed E-state index contributed by atoms with van der Waals surface area (Å²) in [6.07, 6.45) is 1.85. The maximum atomic E-state index is 9.62. The molecule has 0 spiro atoms. The second-order valence-electron chi connectivity index (χ2n) is 9.43. The second-order valence-corrected chi connectivity index (χ2v) is 9.43. The van der Waals surface area contributed by atoms with Gasteiger partial charge in [0.05, 0.1) is 5.52 Å². The van der Waals surface area contributed by atoms with E-state index in [9.17, 15) is 5.26 Å². The molecule has 4 aromatic carbocycles. The van der Waals surface area contributed by atoms with Gasteiger partial charge >= 0.3 is 0 Å². The van der Waals surface area contributed by atoms with E-state index in [0.717, 1.165) is 21.9 Å². The van der Waals surface area contributed by atoms with E-state index >= 15 is 0 Å². The largest absolute Gasteiger partial charge is 0.298 e. The van der Waals surface area contributed by atoms with Crippen molar-refractivity contribution in [2.24, 2.45) is 0 Å². The normalized spacial score (nSPS) is 11.4. The van der Waals surface area contributed by atoms with Crippen LogP contribution in [0.15, 0.2) is 79.0 Å². The molecule has 0 fully saturated rings. The van der Waals surface area contributed by atoms with Gasteiger partial charge in [-0.05, 0) is 84.3 Å². The predicted octanol–water partition coefficient (Wildman–Crippen LogP) is 8.08. The minimum atomic E-state index is 0.426. The van der Waals surface area contributed by atoms with Crippen LogP contribution in [-0.4, -0.2) is 9.38 Å². The summed E-state index contributed by atoms with van der Waals surface area (Å²) in [6.45, 7) is 8.69. The maximum absolute atomic E-state index is 9.62. The van der Waals surface area contributed by atoms with Crippen molar-refractivity contribution in [2.45, 2.75) is 27.7 Å². The van der Waals surface area contributed by atoms with Gasteiger partial charge in [-0.25, -0.2) is 4.98 Å². The zero-order chi connectivity index (χ0) is 24.3. The molecule has 0 aliphatic heterocycles. The highest BCUT2D eigenvalue weighted by molar-refractivity contribution is 6.18. The Kier molecular flexibility index (Phi) is 4.72. The molecule has 35 heavy (non-hydrogen) atoms. The van der Waals surface area contributed by atoms with Gasteiger partial charge in [-0.1, -0.05) is 60.7 Å². The Morgan fingerprint density at radius 2 is 1.34 bits per heavy atom. The van der Waals surface area contributed by atoms with Gasteiger partial charge in [-0.15, -0.1) is 0 Å². The number of hydrogen-bond acceptors (Lipinski definition) is 2. The first kappa shape index (κ1) is 21.1. The molecule has 0 aliphatic rings. The van der Waals surface area contributed by atoms with Crippen LogP contribution >= 0.6 is 0 Å². The number of hydrogen-bond donors (Lipinski definition) is 0. The molecule has 2 aromatic heterocycles. The van der Waals surface area contributed by atoms with Gasteiger partial charge in [-0.3, -0.25) is 4.40 Å². The van der Waals surface area contributed by atoms with Crippen molar-refractivity contribution in [3.63, 3.8) is 0 Å². The highest BCUT2D eigenvalue weighted by Gasteiger charge is 2.18. The molecule has 0 aliphatic carbocycles. The van der Waals surface area contributed by atoms with Crippen molar-refractivity contribution in [1.82, 2.24) is 9.38 Å². The smallest absolute Gasteiger partial charge is 0.159 e. The first-order valence-corrected chi connectivity index (χ1v) is 11.9. The van der Waals surface area contributed by atoms with Crippen molar-refractivity contribution in [3.05, 3.63) is 107 Å². The van der Waals surface area contributed by atoms with E-state index in [1.54, 1.807) is 0 Å². The van der Waals surface area contributed by atoms with E-state index in [1.165, 1.54) is 49.9 Å². The summed E-state index contributed by atoms with van der Waals surface area (Å²) < 4.78 is 2.07. The molecule has 2 heterocycles. The van der Waals surface area contributed by atoms with Crippen molar-refractivity contribution < 1.29 is 0 Å². The third kappa shape index (κ3) is 3.15. The average Bonchev–Trinajstić information content (AvgIpc) is 3.29. The minimum absolute atomic E-state index is 0.426. The van der Waals surface area contributed by atoms with Gasteiger partial charge in [0.1, 0.15) is 11.7 Å². The fourth-order valence-corrected chi connectivity index (χ4v) is 5.66. The summed E-state index contributed by atoms with van der Waals surface area (Å²) in [5.41, 5.74) is 12.2. The van der Waals surface area contributed by atoms with Crippen LogP contribution in [0.3, 0.4) is 0 Å². The molecular formula is C32H25N3. The molecule has 0 radical (unpaired) electrons. The van der Waals surface area contributed by atoms with Crippen molar-refractivity contribution in [3.8, 4) is 28.3 Å². The highest BCUT2D eigenvalue weighted by atomic mass is 15.0. The zero-order valence-corrected chi connectivity index (χ0v) is 20.3. The zero-order valence-electron chi connectivity index (χ0n) is 20.3. The summed E-state index contributed by atoms with van der Waals surface area (Å²) in [6, 6.07) is 28.3. The minimum Gasteiger partial charge on any atom is -0.298 e. The number of aryl methyl sites for hydroxylation is 4. The molecule has 6 rings (SSSR count). The molecule has 3 nitrogen and oxygen atoms in total. The molecular weight excluding hydrogens is 426 g/mol. The van der Waals surface area contributed by atoms with E-state index in [2.05, 4.69) is 111 Å². The number of fused-ring (bicyclic) bond motifs is 6. The third-order valence-corrected chi connectivity index (χ3v) is 7.17. The summed E-state index contributed by atoms with van der Waals surface area (Å²) in [7, 11) is 0. The number of pyridine rings is 1. The lowest BCUT2D eigenvalue weighted by Gasteiger charge is -2.17. The monoisotopic (exact) mass is 451 g/mol. The summed E-state index contributed by atoms with van der Waals surface area (Å²) in [5.74, 6) is 0. The van der Waals surface area contributed by atoms with Gasteiger partial charge in [-0.2, -0.15) is 5.26 Å². The lowest BCUT2D eigenvalue weighted by atomic mass is 9.89. The first-order valence-electron chi connectivity index (χ1n) is 11.9. The van der Waals surface area contributed by atoms with Crippen LogP contribution < -0.4 is 0 Å².